The van der Waals surface area contributed by atoms with Crippen LogP contribution in [0.25, 0.3) is 11.3 Å². The molecule has 7 nitrogen and oxygen atoms in total. The number of unbranched alkanes of at least 4 members (excludes halogenated alkanes) is 2. The lowest BCUT2D eigenvalue weighted by atomic mass is 9.95. The summed E-state index contributed by atoms with van der Waals surface area (Å²) in [5.74, 6) is 0.665. The Labute approximate surface area is 214 Å². The predicted octanol–water partition coefficient (Wildman–Crippen LogP) is 6.15. The van der Waals surface area contributed by atoms with Gasteiger partial charge in [0.05, 0.1) is 12.6 Å². The van der Waals surface area contributed by atoms with Gasteiger partial charge in [0.1, 0.15) is 22.9 Å². The van der Waals surface area contributed by atoms with E-state index in [-0.39, 0.29) is 11.7 Å². The standard InChI is InChI=1S/C28H27ClN4O3/c1-2-3-4-14-36-21-10-7-19(8-11-21)27-24-25(22-15-20(29)9-12-23(22)34)31-32-26(24)28(35)33(27)17-18-6-5-13-30-16-18/h5-13,15-16,27,34H,2-4,14,17H2,1H3,(H,31,32). The largest absolute Gasteiger partial charge is 0.507 e. The number of fused-ring (bicyclic) bond motifs is 1. The third kappa shape index (κ3) is 4.66. The van der Waals surface area contributed by atoms with Crippen molar-refractivity contribution >= 4 is 17.5 Å². The molecule has 5 rings (SSSR count). The molecule has 36 heavy (non-hydrogen) atoms. The number of hydrogen-bond acceptors (Lipinski definition) is 5. The molecule has 0 saturated heterocycles. The summed E-state index contributed by atoms with van der Waals surface area (Å²) in [6, 6.07) is 16.0. The molecule has 1 unspecified atom stereocenters. The first-order valence-corrected chi connectivity index (χ1v) is 12.4. The van der Waals surface area contributed by atoms with Crippen molar-refractivity contribution in [3.63, 3.8) is 0 Å². The van der Waals surface area contributed by atoms with E-state index in [4.69, 9.17) is 16.3 Å². The van der Waals surface area contributed by atoms with Gasteiger partial charge in [0.25, 0.3) is 5.91 Å². The topological polar surface area (TPSA) is 91.3 Å². The Morgan fingerprint density at radius 2 is 1.97 bits per heavy atom. The molecular formula is C28H27ClN4O3. The molecule has 0 bridgehead atoms. The highest BCUT2D eigenvalue weighted by Crippen LogP contribution is 2.45. The Bertz CT molecular complexity index is 1360. The molecule has 3 heterocycles. The molecule has 0 aliphatic carbocycles. The average Bonchev–Trinajstić information content (AvgIpc) is 3.43. The van der Waals surface area contributed by atoms with Gasteiger partial charge in [0.2, 0.25) is 0 Å². The number of aromatic amines is 1. The summed E-state index contributed by atoms with van der Waals surface area (Å²) in [5, 5.41) is 18.4. The molecule has 0 radical (unpaired) electrons. The van der Waals surface area contributed by atoms with Crippen molar-refractivity contribution in [1.29, 1.82) is 0 Å². The minimum absolute atomic E-state index is 0.0430. The van der Waals surface area contributed by atoms with Crippen LogP contribution < -0.4 is 4.74 Å². The highest BCUT2D eigenvalue weighted by Gasteiger charge is 2.42. The first-order valence-electron chi connectivity index (χ1n) is 12.1. The van der Waals surface area contributed by atoms with E-state index in [0.29, 0.717) is 40.7 Å². The van der Waals surface area contributed by atoms with Crippen LogP contribution in [0.15, 0.2) is 67.0 Å². The van der Waals surface area contributed by atoms with Gasteiger partial charge in [-0.3, -0.25) is 14.9 Å². The summed E-state index contributed by atoms with van der Waals surface area (Å²) >= 11 is 6.23. The van der Waals surface area contributed by atoms with E-state index < -0.39 is 6.04 Å². The molecule has 4 aromatic rings. The maximum atomic E-state index is 13.6. The van der Waals surface area contributed by atoms with Gasteiger partial charge in [-0.25, -0.2) is 0 Å². The summed E-state index contributed by atoms with van der Waals surface area (Å²) in [6.45, 7) is 3.21. The number of carbonyl (C=O) groups is 1. The molecular weight excluding hydrogens is 476 g/mol. The van der Waals surface area contributed by atoms with E-state index in [2.05, 4.69) is 22.1 Å². The van der Waals surface area contributed by atoms with Gasteiger partial charge >= 0.3 is 0 Å². The van der Waals surface area contributed by atoms with Crippen LogP contribution >= 0.6 is 11.6 Å². The van der Waals surface area contributed by atoms with Crippen LogP contribution in [0.5, 0.6) is 11.5 Å². The van der Waals surface area contributed by atoms with E-state index in [1.807, 2.05) is 36.4 Å². The number of pyridine rings is 1. The van der Waals surface area contributed by atoms with Crippen molar-refractivity contribution in [1.82, 2.24) is 20.1 Å². The monoisotopic (exact) mass is 502 g/mol. The van der Waals surface area contributed by atoms with Crippen molar-refractivity contribution in [3.05, 3.63) is 94.4 Å². The third-order valence-electron chi connectivity index (χ3n) is 6.37. The normalized spacial score (nSPS) is 14.8. The first-order chi connectivity index (χ1) is 17.6. The highest BCUT2D eigenvalue weighted by atomic mass is 35.5. The zero-order chi connectivity index (χ0) is 25.1. The van der Waals surface area contributed by atoms with Crippen molar-refractivity contribution in [2.45, 2.75) is 38.8 Å². The lowest BCUT2D eigenvalue weighted by Gasteiger charge is -2.26. The second-order valence-electron chi connectivity index (χ2n) is 8.84. The number of phenols is 1. The molecule has 1 aliphatic rings. The maximum absolute atomic E-state index is 13.6. The first kappa shape index (κ1) is 23.9. The van der Waals surface area contributed by atoms with Crippen LogP contribution in [0.3, 0.4) is 0 Å². The smallest absolute Gasteiger partial charge is 0.273 e. The fourth-order valence-corrected chi connectivity index (χ4v) is 4.76. The number of hydrogen-bond donors (Lipinski definition) is 2. The molecule has 2 aromatic heterocycles. The number of halogens is 1. The van der Waals surface area contributed by atoms with Gasteiger partial charge in [-0.1, -0.05) is 49.6 Å². The molecule has 0 saturated carbocycles. The van der Waals surface area contributed by atoms with Crippen molar-refractivity contribution in [2.75, 3.05) is 6.61 Å². The van der Waals surface area contributed by atoms with Crippen LogP contribution in [0.1, 0.15) is 59.4 Å². The van der Waals surface area contributed by atoms with Crippen molar-refractivity contribution < 1.29 is 14.6 Å². The summed E-state index contributed by atoms with van der Waals surface area (Å²) in [6.07, 6.45) is 6.75. The van der Waals surface area contributed by atoms with Crippen molar-refractivity contribution in [3.8, 4) is 22.8 Å². The lowest BCUT2D eigenvalue weighted by molar-refractivity contribution is 0.0730. The van der Waals surface area contributed by atoms with Crippen molar-refractivity contribution in [2.24, 2.45) is 0 Å². The molecule has 8 heteroatoms. The summed E-state index contributed by atoms with van der Waals surface area (Å²) < 4.78 is 5.89. The number of benzene rings is 2. The summed E-state index contributed by atoms with van der Waals surface area (Å²) in [5.41, 5.74) is 3.90. The molecule has 2 aromatic carbocycles. The maximum Gasteiger partial charge on any atom is 0.273 e. The van der Waals surface area contributed by atoms with E-state index in [1.165, 1.54) is 6.07 Å². The Morgan fingerprint density at radius 3 is 2.72 bits per heavy atom. The van der Waals surface area contributed by atoms with Gasteiger partial charge < -0.3 is 14.7 Å². The number of nitrogens with zero attached hydrogens (tertiary/aromatic N) is 3. The number of nitrogens with one attached hydrogen (secondary N) is 1. The molecule has 0 fully saturated rings. The van der Waals surface area contributed by atoms with Crippen LogP contribution in [0.4, 0.5) is 0 Å². The SMILES string of the molecule is CCCCCOc1ccc(C2c3c(-c4cc(Cl)ccc4O)n[nH]c3C(=O)N2Cc2cccnc2)cc1. The molecule has 0 spiro atoms. The van der Waals surface area contributed by atoms with E-state index in [0.717, 1.165) is 36.1 Å². The van der Waals surface area contributed by atoms with Crippen LogP contribution in [0, 0.1) is 0 Å². The Kier molecular flexibility index (Phi) is 6.91. The number of ether oxygens (including phenoxy) is 1. The Hall–Kier alpha value is -3.84. The van der Waals surface area contributed by atoms with Gasteiger partial charge in [-0.05, 0) is 53.9 Å². The van der Waals surface area contributed by atoms with Gasteiger partial charge in [0.15, 0.2) is 0 Å². The minimum atomic E-state index is -0.422. The minimum Gasteiger partial charge on any atom is -0.507 e. The molecule has 1 aliphatic heterocycles. The second-order valence-corrected chi connectivity index (χ2v) is 9.28. The number of rotatable bonds is 9. The Morgan fingerprint density at radius 1 is 1.14 bits per heavy atom. The van der Waals surface area contributed by atoms with Crippen LogP contribution in [0.2, 0.25) is 5.02 Å². The summed E-state index contributed by atoms with van der Waals surface area (Å²) in [4.78, 5) is 19.6. The second kappa shape index (κ2) is 10.4. The zero-order valence-electron chi connectivity index (χ0n) is 19.9. The summed E-state index contributed by atoms with van der Waals surface area (Å²) in [7, 11) is 0. The van der Waals surface area contributed by atoms with Crippen LogP contribution in [-0.4, -0.2) is 37.7 Å². The van der Waals surface area contributed by atoms with E-state index in [9.17, 15) is 9.90 Å². The molecule has 2 N–H and O–H groups in total. The number of aromatic nitrogens is 3. The van der Waals surface area contributed by atoms with E-state index >= 15 is 0 Å². The zero-order valence-corrected chi connectivity index (χ0v) is 20.7. The number of amides is 1. The lowest BCUT2D eigenvalue weighted by Crippen LogP contribution is -2.29. The average molecular weight is 503 g/mol. The number of H-pyrrole nitrogens is 1. The Balaban J connectivity index is 1.54. The molecule has 1 atom stereocenters. The highest BCUT2D eigenvalue weighted by molar-refractivity contribution is 6.31. The van der Waals surface area contributed by atoms with Gasteiger partial charge in [-0.15, -0.1) is 0 Å². The fourth-order valence-electron chi connectivity index (χ4n) is 4.59. The quantitative estimate of drug-likeness (QED) is 0.268. The number of carbonyl (C=O) groups excluding carboxylic acids is 1. The number of phenolic OH excluding ortho intramolecular Hbond substituents is 1. The number of aromatic hydroxyl groups is 1. The molecule has 1 amide bonds. The van der Waals surface area contributed by atoms with Gasteiger partial charge in [-0.2, -0.15) is 5.10 Å². The van der Waals surface area contributed by atoms with E-state index in [1.54, 1.807) is 29.4 Å². The van der Waals surface area contributed by atoms with Crippen LogP contribution in [-0.2, 0) is 6.54 Å². The molecule has 184 valence electrons. The predicted molar refractivity (Wildman–Crippen MR) is 138 cm³/mol. The third-order valence-corrected chi connectivity index (χ3v) is 6.60. The van der Waals surface area contributed by atoms with Gasteiger partial charge in [0, 0.05) is 35.1 Å². The fraction of sp³-hybridized carbons (Fsp3) is 0.250.